The summed E-state index contributed by atoms with van der Waals surface area (Å²) in [7, 11) is 0. The molecule has 4 rings (SSSR count). The molecule has 8 heteroatoms. The summed E-state index contributed by atoms with van der Waals surface area (Å²) in [5.41, 5.74) is 2.82. The van der Waals surface area contributed by atoms with Gasteiger partial charge in [-0.3, -0.25) is 4.79 Å². The minimum Gasteiger partial charge on any atom is -0.381 e. The number of nitrogens with one attached hydrogen (secondary N) is 3. The molecule has 3 N–H and O–H groups in total. The fraction of sp³-hybridized carbons (Fsp3) is 0.286. The van der Waals surface area contributed by atoms with Crippen molar-refractivity contribution in [1.29, 1.82) is 5.41 Å². The van der Waals surface area contributed by atoms with E-state index in [1.54, 1.807) is 12.4 Å². The highest BCUT2D eigenvalue weighted by Crippen LogP contribution is 2.24. The maximum Gasteiger partial charge on any atom is 0.261 e. The van der Waals surface area contributed by atoms with Gasteiger partial charge in [0.05, 0.1) is 5.56 Å². The van der Waals surface area contributed by atoms with Crippen LogP contribution in [0, 0.1) is 5.41 Å². The van der Waals surface area contributed by atoms with E-state index in [4.69, 9.17) is 10.1 Å². The Kier molecular flexibility index (Phi) is 5.71. The molecular weight excluding hydrogens is 368 g/mol. The van der Waals surface area contributed by atoms with E-state index in [1.165, 1.54) is 6.33 Å². The molecule has 0 spiro atoms. The first-order valence-electron chi connectivity index (χ1n) is 9.56. The molecule has 0 radical (unpaired) electrons. The number of aromatic amines is 1. The number of H-pyrrole nitrogens is 1. The lowest BCUT2D eigenvalue weighted by Gasteiger charge is -2.24. The fourth-order valence-corrected chi connectivity index (χ4v) is 3.47. The topological polar surface area (TPSA) is 117 Å². The molecule has 3 heterocycles. The Bertz CT molecular complexity index is 1040. The number of hydrogen-bond acceptors (Lipinski definition) is 7. The molecule has 0 saturated carbocycles. The van der Waals surface area contributed by atoms with Crippen LogP contribution in [-0.4, -0.2) is 45.4 Å². The van der Waals surface area contributed by atoms with Crippen LogP contribution in [0.4, 0.5) is 5.82 Å². The number of nitrogens with zero attached hydrogens (tertiary/aromatic N) is 3. The zero-order valence-electron chi connectivity index (χ0n) is 15.9. The van der Waals surface area contributed by atoms with Crippen LogP contribution in [-0.2, 0) is 11.2 Å². The second-order valence-corrected chi connectivity index (χ2v) is 6.91. The van der Waals surface area contributed by atoms with E-state index >= 15 is 0 Å². The van der Waals surface area contributed by atoms with E-state index in [1.807, 2.05) is 24.3 Å². The molecule has 1 aromatic carbocycles. The highest BCUT2D eigenvalue weighted by Gasteiger charge is 2.18. The van der Waals surface area contributed by atoms with Gasteiger partial charge in [0.2, 0.25) is 0 Å². The van der Waals surface area contributed by atoms with Crippen molar-refractivity contribution in [3.05, 3.63) is 70.3 Å². The van der Waals surface area contributed by atoms with E-state index in [2.05, 4.69) is 25.3 Å². The second kappa shape index (κ2) is 8.74. The summed E-state index contributed by atoms with van der Waals surface area (Å²) in [6, 6.07) is 8.09. The van der Waals surface area contributed by atoms with Crippen molar-refractivity contribution in [2.45, 2.75) is 25.3 Å². The molecule has 1 aliphatic rings. The van der Waals surface area contributed by atoms with Crippen LogP contribution in [0.3, 0.4) is 0 Å². The van der Waals surface area contributed by atoms with Crippen molar-refractivity contribution >= 4 is 12.0 Å². The molecule has 3 aromatic rings. The molecule has 1 aliphatic heterocycles. The maximum absolute atomic E-state index is 12.5. The number of benzene rings is 1. The maximum atomic E-state index is 12.5. The normalized spacial score (nSPS) is 14.5. The van der Waals surface area contributed by atoms with Crippen LogP contribution < -0.4 is 10.9 Å². The molecule has 148 valence electrons. The predicted octanol–water partition coefficient (Wildman–Crippen LogP) is 2.41. The Morgan fingerprint density at radius 3 is 2.72 bits per heavy atom. The van der Waals surface area contributed by atoms with Crippen LogP contribution >= 0.6 is 0 Å². The van der Waals surface area contributed by atoms with Crippen LogP contribution in [0.25, 0.3) is 11.1 Å². The van der Waals surface area contributed by atoms with E-state index in [-0.39, 0.29) is 17.2 Å². The van der Waals surface area contributed by atoms with Gasteiger partial charge in [0.15, 0.2) is 0 Å². The highest BCUT2D eigenvalue weighted by atomic mass is 16.5. The lowest BCUT2D eigenvalue weighted by atomic mass is 9.99. The summed E-state index contributed by atoms with van der Waals surface area (Å²) in [6.07, 6.45) is 8.20. The van der Waals surface area contributed by atoms with Crippen LogP contribution in [0.5, 0.6) is 0 Å². The number of ether oxygens (including phenoxy) is 1. The van der Waals surface area contributed by atoms with E-state index in [9.17, 15) is 4.79 Å². The Morgan fingerprint density at radius 2 is 1.97 bits per heavy atom. The van der Waals surface area contributed by atoms with E-state index in [0.29, 0.717) is 31.3 Å². The van der Waals surface area contributed by atoms with Crippen LogP contribution in [0.15, 0.2) is 47.8 Å². The minimum absolute atomic E-state index is 0.179. The van der Waals surface area contributed by atoms with Crippen LogP contribution in [0.2, 0.25) is 0 Å². The van der Waals surface area contributed by atoms with Gasteiger partial charge < -0.3 is 20.4 Å². The lowest BCUT2D eigenvalue weighted by Crippen LogP contribution is -2.30. The highest BCUT2D eigenvalue weighted by molar-refractivity contribution is 5.83. The van der Waals surface area contributed by atoms with Gasteiger partial charge in [-0.15, -0.1) is 0 Å². The van der Waals surface area contributed by atoms with Crippen molar-refractivity contribution < 1.29 is 4.74 Å². The molecule has 0 bridgehead atoms. The number of hydrogen-bond donors (Lipinski definition) is 3. The summed E-state index contributed by atoms with van der Waals surface area (Å²) < 4.78 is 5.39. The minimum atomic E-state index is -0.319. The summed E-state index contributed by atoms with van der Waals surface area (Å²) >= 11 is 0. The Balaban J connectivity index is 1.66. The van der Waals surface area contributed by atoms with Crippen molar-refractivity contribution in [3.63, 3.8) is 0 Å². The molecule has 29 heavy (non-hydrogen) atoms. The second-order valence-electron chi connectivity index (χ2n) is 6.91. The zero-order valence-corrected chi connectivity index (χ0v) is 15.9. The Hall–Kier alpha value is -3.39. The Morgan fingerprint density at radius 1 is 1.21 bits per heavy atom. The fourth-order valence-electron chi connectivity index (χ4n) is 3.47. The number of aromatic nitrogens is 4. The third-order valence-corrected chi connectivity index (χ3v) is 4.96. The van der Waals surface area contributed by atoms with Gasteiger partial charge in [-0.2, -0.15) is 0 Å². The van der Waals surface area contributed by atoms with Crippen molar-refractivity contribution in [1.82, 2.24) is 19.9 Å². The van der Waals surface area contributed by atoms with Crippen LogP contribution in [0.1, 0.15) is 29.8 Å². The first kappa shape index (κ1) is 18.9. The van der Waals surface area contributed by atoms with Gasteiger partial charge >= 0.3 is 0 Å². The lowest BCUT2D eigenvalue weighted by molar-refractivity contribution is 0.0904. The monoisotopic (exact) mass is 390 g/mol. The Labute approximate surface area is 167 Å². The zero-order chi connectivity index (χ0) is 20.1. The standard InChI is InChI=1S/C21H22N6O2/c22-10-18-20(25-16-5-7-29-8-6-16)26-19(27-21(18)28)9-14-3-1-2-4-17(14)15-11-23-13-24-12-15/h1-4,10-13,16,22H,5-9H2,(H2,25,26,27,28). The third-order valence-electron chi connectivity index (χ3n) is 4.96. The summed E-state index contributed by atoms with van der Waals surface area (Å²) in [4.78, 5) is 28.2. The van der Waals surface area contributed by atoms with Crippen molar-refractivity contribution in [2.24, 2.45) is 0 Å². The molecular formula is C21H22N6O2. The number of rotatable bonds is 6. The molecule has 0 amide bonds. The first-order valence-corrected chi connectivity index (χ1v) is 9.56. The quantitative estimate of drug-likeness (QED) is 0.557. The number of anilines is 1. The summed E-state index contributed by atoms with van der Waals surface area (Å²) in [5.74, 6) is 0.991. The molecule has 1 saturated heterocycles. The molecule has 1 fully saturated rings. The average Bonchev–Trinajstić information content (AvgIpc) is 2.75. The average molecular weight is 390 g/mol. The molecule has 8 nitrogen and oxygen atoms in total. The van der Waals surface area contributed by atoms with E-state index < -0.39 is 0 Å². The molecule has 0 unspecified atom stereocenters. The predicted molar refractivity (Wildman–Crippen MR) is 110 cm³/mol. The van der Waals surface area contributed by atoms with Crippen molar-refractivity contribution in [3.8, 4) is 11.1 Å². The van der Waals surface area contributed by atoms with Gasteiger partial charge in [0.25, 0.3) is 5.56 Å². The van der Waals surface area contributed by atoms with E-state index in [0.717, 1.165) is 35.7 Å². The van der Waals surface area contributed by atoms with Gasteiger partial charge in [-0.25, -0.2) is 15.0 Å². The first-order chi connectivity index (χ1) is 14.2. The largest absolute Gasteiger partial charge is 0.381 e. The smallest absolute Gasteiger partial charge is 0.261 e. The molecule has 0 atom stereocenters. The third kappa shape index (κ3) is 4.38. The van der Waals surface area contributed by atoms with Gasteiger partial charge in [0, 0.05) is 49.8 Å². The molecule has 2 aromatic heterocycles. The molecule has 0 aliphatic carbocycles. The summed E-state index contributed by atoms with van der Waals surface area (Å²) in [5, 5.41) is 10.9. The van der Waals surface area contributed by atoms with Crippen molar-refractivity contribution in [2.75, 3.05) is 18.5 Å². The van der Waals surface area contributed by atoms with Gasteiger partial charge in [0.1, 0.15) is 18.0 Å². The SMILES string of the molecule is N=Cc1c(NC2CCOCC2)nc(Cc2ccccc2-c2cncnc2)[nH]c1=O. The van der Waals surface area contributed by atoms with Gasteiger partial charge in [-0.1, -0.05) is 24.3 Å². The van der Waals surface area contributed by atoms with Gasteiger partial charge in [-0.05, 0) is 24.0 Å². The summed E-state index contributed by atoms with van der Waals surface area (Å²) in [6.45, 7) is 1.36.